The van der Waals surface area contributed by atoms with E-state index in [1.54, 1.807) is 24.3 Å². The maximum atomic E-state index is 12.8. The Morgan fingerprint density at radius 1 is 1.10 bits per heavy atom. The topological polar surface area (TPSA) is 72.9 Å². The number of thioether (sulfide) groups is 1. The van der Waals surface area contributed by atoms with Gasteiger partial charge >= 0.3 is 5.97 Å². The minimum atomic E-state index is -0.520. The van der Waals surface area contributed by atoms with E-state index in [-0.39, 0.29) is 29.2 Å². The molecule has 0 atom stereocenters. The van der Waals surface area contributed by atoms with E-state index in [4.69, 9.17) is 4.74 Å². The summed E-state index contributed by atoms with van der Waals surface area (Å²) in [5.74, 6) is -0.492. The summed E-state index contributed by atoms with van der Waals surface area (Å²) < 4.78 is 11.8. The molecule has 1 fully saturated rings. The lowest BCUT2D eigenvalue weighted by Gasteiger charge is -2.12. The van der Waals surface area contributed by atoms with Crippen LogP contribution < -0.4 is 4.74 Å². The Kier molecular flexibility index (Phi) is 7.15. The summed E-state index contributed by atoms with van der Waals surface area (Å²) in [5.41, 5.74) is 1.42. The molecular formula is C20H15Br2NO5S. The highest BCUT2D eigenvalue weighted by atomic mass is 79.9. The largest absolute Gasteiger partial charge is 0.481 e. The number of halogens is 2. The van der Waals surface area contributed by atoms with Gasteiger partial charge in [-0.3, -0.25) is 14.5 Å². The van der Waals surface area contributed by atoms with Crippen molar-refractivity contribution in [1.82, 2.24) is 4.90 Å². The van der Waals surface area contributed by atoms with Gasteiger partial charge in [-0.05, 0) is 53.7 Å². The van der Waals surface area contributed by atoms with Crippen LogP contribution in [0.1, 0.15) is 11.1 Å². The van der Waals surface area contributed by atoms with Crippen molar-refractivity contribution in [2.75, 3.05) is 13.7 Å². The van der Waals surface area contributed by atoms with Crippen molar-refractivity contribution < 1.29 is 23.9 Å². The van der Waals surface area contributed by atoms with Gasteiger partial charge in [0, 0.05) is 14.5 Å². The number of rotatable bonds is 6. The number of carbonyl (C=O) groups is 3. The van der Waals surface area contributed by atoms with E-state index in [1.165, 1.54) is 12.0 Å². The minimum absolute atomic E-state index is 0.194. The zero-order chi connectivity index (χ0) is 21.0. The Labute approximate surface area is 188 Å². The number of methoxy groups -OCH3 is 1. The highest BCUT2D eigenvalue weighted by Gasteiger charge is 2.35. The molecule has 0 aromatic heterocycles. The third-order valence-corrected chi connectivity index (χ3v) is 5.89. The minimum Gasteiger partial charge on any atom is -0.481 e. The standard InChI is InChI=1S/C20H15Br2NO5S/c1-27-18(24)11-28-16-7-6-15(22)8-13(16)9-17-19(25)23(20(26)29-17)10-12-2-4-14(21)5-3-12/h2-9H,10-11H2,1H3/b17-9+. The highest BCUT2D eigenvalue weighted by Crippen LogP contribution is 2.35. The molecule has 150 valence electrons. The van der Waals surface area contributed by atoms with Gasteiger partial charge in [0.25, 0.3) is 11.1 Å². The zero-order valence-corrected chi connectivity index (χ0v) is 19.2. The van der Waals surface area contributed by atoms with Crippen LogP contribution in [0.2, 0.25) is 0 Å². The molecule has 9 heteroatoms. The molecule has 0 unspecified atom stereocenters. The number of hydrogen-bond donors (Lipinski definition) is 0. The first-order valence-electron chi connectivity index (χ1n) is 8.36. The number of hydrogen-bond acceptors (Lipinski definition) is 6. The molecule has 2 aromatic carbocycles. The first-order chi connectivity index (χ1) is 13.9. The molecule has 0 bridgehead atoms. The number of esters is 1. The molecule has 1 aliphatic rings. The summed E-state index contributed by atoms with van der Waals surface area (Å²) in [7, 11) is 1.27. The van der Waals surface area contributed by atoms with Crippen molar-refractivity contribution in [3.8, 4) is 5.75 Å². The summed E-state index contributed by atoms with van der Waals surface area (Å²) in [6.45, 7) is -0.0660. The fourth-order valence-electron chi connectivity index (χ4n) is 2.51. The van der Waals surface area contributed by atoms with Crippen LogP contribution in [0.25, 0.3) is 6.08 Å². The molecule has 1 saturated heterocycles. The van der Waals surface area contributed by atoms with Crippen LogP contribution in [0, 0.1) is 0 Å². The molecule has 0 N–H and O–H groups in total. The third-order valence-electron chi connectivity index (χ3n) is 3.96. The third kappa shape index (κ3) is 5.49. The van der Waals surface area contributed by atoms with Crippen molar-refractivity contribution in [2.24, 2.45) is 0 Å². The molecule has 1 aliphatic heterocycles. The van der Waals surface area contributed by atoms with Gasteiger partial charge in [-0.15, -0.1) is 0 Å². The number of amides is 2. The maximum absolute atomic E-state index is 12.8. The van der Waals surface area contributed by atoms with Gasteiger partial charge < -0.3 is 9.47 Å². The van der Waals surface area contributed by atoms with Crippen LogP contribution in [0.15, 0.2) is 56.3 Å². The van der Waals surface area contributed by atoms with Crippen molar-refractivity contribution in [3.05, 3.63) is 67.4 Å². The number of benzene rings is 2. The van der Waals surface area contributed by atoms with E-state index >= 15 is 0 Å². The Bertz CT molecular complexity index is 991. The van der Waals surface area contributed by atoms with E-state index in [2.05, 4.69) is 36.6 Å². The summed E-state index contributed by atoms with van der Waals surface area (Å²) in [5, 5.41) is -0.337. The van der Waals surface area contributed by atoms with E-state index in [0.29, 0.717) is 11.3 Å². The summed E-state index contributed by atoms with van der Waals surface area (Å²) >= 11 is 7.61. The SMILES string of the molecule is COC(=O)COc1ccc(Br)cc1/C=C1/SC(=O)N(Cc2ccc(Br)cc2)C1=O. The number of ether oxygens (including phenoxy) is 2. The lowest BCUT2D eigenvalue weighted by molar-refractivity contribution is -0.142. The molecule has 0 saturated carbocycles. The van der Waals surface area contributed by atoms with Crippen molar-refractivity contribution >= 4 is 66.8 Å². The van der Waals surface area contributed by atoms with Gasteiger partial charge in [0.15, 0.2) is 6.61 Å². The number of nitrogens with zero attached hydrogens (tertiary/aromatic N) is 1. The lowest BCUT2D eigenvalue weighted by atomic mass is 10.1. The van der Waals surface area contributed by atoms with E-state index in [0.717, 1.165) is 26.3 Å². The van der Waals surface area contributed by atoms with Gasteiger partial charge in [-0.1, -0.05) is 44.0 Å². The first-order valence-corrected chi connectivity index (χ1v) is 10.8. The van der Waals surface area contributed by atoms with Gasteiger partial charge in [0.2, 0.25) is 0 Å². The van der Waals surface area contributed by atoms with Gasteiger partial charge in [-0.2, -0.15) is 0 Å². The van der Waals surface area contributed by atoms with Crippen molar-refractivity contribution in [2.45, 2.75) is 6.54 Å². The Hall–Kier alpha value is -2.10. The Morgan fingerprint density at radius 3 is 2.48 bits per heavy atom. The fraction of sp³-hybridized carbons (Fsp3) is 0.150. The van der Waals surface area contributed by atoms with Crippen molar-refractivity contribution in [3.63, 3.8) is 0 Å². The zero-order valence-electron chi connectivity index (χ0n) is 15.2. The van der Waals surface area contributed by atoms with E-state index in [9.17, 15) is 14.4 Å². The second kappa shape index (κ2) is 9.60. The van der Waals surface area contributed by atoms with Crippen LogP contribution >= 0.6 is 43.6 Å². The monoisotopic (exact) mass is 539 g/mol. The summed E-state index contributed by atoms with van der Waals surface area (Å²) in [6.07, 6.45) is 1.59. The molecular weight excluding hydrogens is 526 g/mol. The predicted molar refractivity (Wildman–Crippen MR) is 117 cm³/mol. The van der Waals surface area contributed by atoms with Crippen LogP contribution in [0.4, 0.5) is 4.79 Å². The van der Waals surface area contributed by atoms with Gasteiger partial charge in [0.1, 0.15) is 5.75 Å². The normalized spacial score (nSPS) is 15.1. The van der Waals surface area contributed by atoms with Crippen LogP contribution in [-0.4, -0.2) is 35.7 Å². The van der Waals surface area contributed by atoms with Gasteiger partial charge in [0.05, 0.1) is 18.6 Å². The molecule has 2 amide bonds. The second-order valence-electron chi connectivity index (χ2n) is 5.94. The van der Waals surface area contributed by atoms with Crippen LogP contribution in [0.3, 0.4) is 0 Å². The quantitative estimate of drug-likeness (QED) is 0.379. The Morgan fingerprint density at radius 2 is 1.79 bits per heavy atom. The molecule has 2 aromatic rings. The number of carbonyl (C=O) groups excluding carboxylic acids is 3. The van der Waals surface area contributed by atoms with Crippen LogP contribution in [0.5, 0.6) is 5.75 Å². The fourth-order valence-corrected chi connectivity index (χ4v) is 3.98. The smallest absolute Gasteiger partial charge is 0.343 e. The average molecular weight is 541 g/mol. The second-order valence-corrected chi connectivity index (χ2v) is 8.77. The molecule has 3 rings (SSSR count). The van der Waals surface area contributed by atoms with E-state index < -0.39 is 5.97 Å². The first kappa shape index (κ1) is 21.6. The molecule has 29 heavy (non-hydrogen) atoms. The summed E-state index contributed by atoms with van der Waals surface area (Å²) in [4.78, 5) is 38.0. The average Bonchev–Trinajstić information content (AvgIpc) is 2.96. The predicted octanol–water partition coefficient (Wildman–Crippen LogP) is 5.00. The highest BCUT2D eigenvalue weighted by molar-refractivity contribution is 9.10. The molecule has 6 nitrogen and oxygen atoms in total. The van der Waals surface area contributed by atoms with Crippen molar-refractivity contribution in [1.29, 1.82) is 0 Å². The number of imide groups is 1. The molecule has 0 radical (unpaired) electrons. The van der Waals surface area contributed by atoms with Crippen LogP contribution in [-0.2, 0) is 20.9 Å². The molecule has 1 heterocycles. The molecule has 0 spiro atoms. The van der Waals surface area contributed by atoms with Gasteiger partial charge in [-0.25, -0.2) is 4.79 Å². The maximum Gasteiger partial charge on any atom is 0.343 e. The molecule has 0 aliphatic carbocycles. The summed E-state index contributed by atoms with van der Waals surface area (Å²) in [6, 6.07) is 12.6. The van der Waals surface area contributed by atoms with E-state index in [1.807, 2.05) is 24.3 Å². The Balaban J connectivity index is 1.82. The lowest BCUT2D eigenvalue weighted by Crippen LogP contribution is -2.27.